The van der Waals surface area contributed by atoms with Crippen LogP contribution in [0.15, 0.2) is 0 Å². The third kappa shape index (κ3) is 8.67. The molecule has 0 aromatic carbocycles. The largest absolute Gasteiger partial charge is 0.465 e. The Morgan fingerprint density at radius 1 is 1.19 bits per heavy atom. The second kappa shape index (κ2) is 8.52. The fourth-order valence-electron chi connectivity index (χ4n) is 1.05. The van der Waals surface area contributed by atoms with Gasteiger partial charge >= 0.3 is 5.97 Å². The summed E-state index contributed by atoms with van der Waals surface area (Å²) < 4.78 is 32.3. The molecule has 6 heteroatoms. The molecule has 16 heavy (non-hydrogen) atoms. The zero-order chi connectivity index (χ0) is 12.4. The molecule has 0 aromatic heterocycles. The Hall–Kier alpha value is -0.620. The van der Waals surface area contributed by atoms with Crippen molar-refractivity contribution < 1.29 is 22.7 Å². The quantitative estimate of drug-likeness (QED) is 0.448. The van der Waals surface area contributed by atoms with Gasteiger partial charge in [-0.25, -0.2) is 8.42 Å². The predicted octanol–water partition coefficient (Wildman–Crippen LogP) is 0.781. The lowest BCUT2D eigenvalue weighted by molar-refractivity contribution is -0.140. The van der Waals surface area contributed by atoms with Gasteiger partial charge in [0.1, 0.15) is 5.75 Å². The lowest BCUT2D eigenvalue weighted by Crippen LogP contribution is -2.22. The molecule has 0 atom stereocenters. The van der Waals surface area contributed by atoms with Crippen molar-refractivity contribution in [2.24, 2.45) is 0 Å². The van der Waals surface area contributed by atoms with Crippen molar-refractivity contribution in [3.8, 4) is 0 Å². The van der Waals surface area contributed by atoms with E-state index in [1.165, 1.54) is 7.11 Å². The maximum atomic E-state index is 11.4. The van der Waals surface area contributed by atoms with Crippen LogP contribution in [0.4, 0.5) is 0 Å². The first-order valence-corrected chi connectivity index (χ1v) is 7.19. The minimum absolute atomic E-state index is 0.0380. The van der Waals surface area contributed by atoms with Gasteiger partial charge in [-0.05, 0) is 12.8 Å². The summed E-state index contributed by atoms with van der Waals surface area (Å²) in [6.07, 6.45) is 2.07. The number of hydrogen-bond acceptors (Lipinski definition) is 5. The van der Waals surface area contributed by atoms with Crippen molar-refractivity contribution in [2.45, 2.75) is 26.2 Å². The van der Waals surface area contributed by atoms with Gasteiger partial charge in [0, 0.05) is 13.7 Å². The number of ether oxygens (including phenoxy) is 2. The monoisotopic (exact) mass is 252 g/mol. The highest BCUT2D eigenvalue weighted by Gasteiger charge is 2.17. The normalized spacial score (nSPS) is 11.4. The molecule has 0 unspecified atom stereocenters. The van der Waals surface area contributed by atoms with E-state index >= 15 is 0 Å². The summed E-state index contributed by atoms with van der Waals surface area (Å²) in [7, 11) is -1.84. The zero-order valence-electron chi connectivity index (χ0n) is 9.90. The standard InChI is InChI=1S/C10H20O5S/c1-3-4-7-15-10(11)9-16(12,13)8-5-6-14-2/h3-9H2,1-2H3. The number of rotatable bonds is 9. The highest BCUT2D eigenvalue weighted by Crippen LogP contribution is 1.97. The van der Waals surface area contributed by atoms with Crippen LogP contribution in [0, 0.1) is 0 Å². The van der Waals surface area contributed by atoms with Gasteiger partial charge in [-0.2, -0.15) is 0 Å². The molecule has 0 aliphatic rings. The van der Waals surface area contributed by atoms with Gasteiger partial charge in [0.15, 0.2) is 9.84 Å². The van der Waals surface area contributed by atoms with Crippen LogP contribution in [-0.2, 0) is 24.1 Å². The van der Waals surface area contributed by atoms with E-state index < -0.39 is 21.6 Å². The molecule has 0 spiro atoms. The summed E-state index contributed by atoms with van der Waals surface area (Å²) in [5, 5.41) is 0. The predicted molar refractivity (Wildman–Crippen MR) is 61.0 cm³/mol. The fourth-order valence-corrected chi connectivity index (χ4v) is 2.19. The number of esters is 1. The first-order chi connectivity index (χ1) is 7.52. The summed E-state index contributed by atoms with van der Waals surface area (Å²) in [5.41, 5.74) is 0. The van der Waals surface area contributed by atoms with E-state index in [-0.39, 0.29) is 5.75 Å². The van der Waals surface area contributed by atoms with E-state index in [1.54, 1.807) is 0 Å². The summed E-state index contributed by atoms with van der Waals surface area (Å²) in [6.45, 7) is 2.64. The van der Waals surface area contributed by atoms with Crippen LogP contribution < -0.4 is 0 Å². The molecule has 96 valence electrons. The Labute approximate surface area is 97.0 Å². The van der Waals surface area contributed by atoms with Crippen molar-refractivity contribution in [2.75, 3.05) is 31.8 Å². The number of methoxy groups -OCH3 is 1. The third-order valence-electron chi connectivity index (χ3n) is 1.90. The van der Waals surface area contributed by atoms with Gasteiger partial charge in [0.25, 0.3) is 0 Å². The van der Waals surface area contributed by atoms with E-state index in [1.807, 2.05) is 6.92 Å². The third-order valence-corrected chi connectivity index (χ3v) is 3.49. The molecule has 0 aliphatic carbocycles. The molecule has 5 nitrogen and oxygen atoms in total. The van der Waals surface area contributed by atoms with Gasteiger partial charge in [0.05, 0.1) is 12.4 Å². The molecule has 0 aliphatic heterocycles. The lowest BCUT2D eigenvalue weighted by atomic mass is 10.4. The van der Waals surface area contributed by atoms with E-state index in [0.29, 0.717) is 19.6 Å². The SMILES string of the molecule is CCCCOC(=O)CS(=O)(=O)CCCOC. The molecular weight excluding hydrogens is 232 g/mol. The van der Waals surface area contributed by atoms with Crippen LogP contribution in [0.2, 0.25) is 0 Å². The number of unbranched alkanes of at least 4 members (excludes halogenated alkanes) is 1. The van der Waals surface area contributed by atoms with Crippen LogP contribution in [0.5, 0.6) is 0 Å². The van der Waals surface area contributed by atoms with Gasteiger partial charge in [0.2, 0.25) is 0 Å². The van der Waals surface area contributed by atoms with Crippen molar-refractivity contribution in [3.05, 3.63) is 0 Å². The highest BCUT2D eigenvalue weighted by molar-refractivity contribution is 7.92. The first kappa shape index (κ1) is 15.4. The molecular formula is C10H20O5S. The van der Waals surface area contributed by atoms with E-state index in [0.717, 1.165) is 12.8 Å². The summed E-state index contributed by atoms with van der Waals surface area (Å²) in [6, 6.07) is 0. The molecule has 0 saturated carbocycles. The maximum absolute atomic E-state index is 11.4. The van der Waals surface area contributed by atoms with Crippen molar-refractivity contribution >= 4 is 15.8 Å². The van der Waals surface area contributed by atoms with Gasteiger partial charge in [-0.1, -0.05) is 13.3 Å². The topological polar surface area (TPSA) is 69.7 Å². The molecule has 0 aromatic rings. The molecule has 0 fully saturated rings. The van der Waals surface area contributed by atoms with Crippen LogP contribution in [0.25, 0.3) is 0 Å². The van der Waals surface area contributed by atoms with Crippen molar-refractivity contribution in [3.63, 3.8) is 0 Å². The molecule has 0 heterocycles. The van der Waals surface area contributed by atoms with Crippen molar-refractivity contribution in [1.82, 2.24) is 0 Å². The second-order valence-electron chi connectivity index (χ2n) is 3.51. The number of hydrogen-bond donors (Lipinski definition) is 0. The van der Waals surface area contributed by atoms with E-state index in [4.69, 9.17) is 9.47 Å². The zero-order valence-corrected chi connectivity index (χ0v) is 10.7. The van der Waals surface area contributed by atoms with Crippen LogP contribution in [-0.4, -0.2) is 46.2 Å². The Morgan fingerprint density at radius 2 is 1.88 bits per heavy atom. The first-order valence-electron chi connectivity index (χ1n) is 5.37. The Balaban J connectivity index is 3.82. The Kier molecular flexibility index (Phi) is 8.19. The minimum atomic E-state index is -3.34. The Morgan fingerprint density at radius 3 is 2.44 bits per heavy atom. The minimum Gasteiger partial charge on any atom is -0.465 e. The lowest BCUT2D eigenvalue weighted by Gasteiger charge is -2.05. The maximum Gasteiger partial charge on any atom is 0.321 e. The average Bonchev–Trinajstić information content (AvgIpc) is 2.17. The van der Waals surface area contributed by atoms with Gasteiger partial charge in [-0.3, -0.25) is 4.79 Å². The van der Waals surface area contributed by atoms with E-state index in [9.17, 15) is 13.2 Å². The average molecular weight is 252 g/mol. The Bertz CT molecular complexity index is 284. The van der Waals surface area contributed by atoms with Crippen molar-refractivity contribution in [1.29, 1.82) is 0 Å². The summed E-state index contributed by atoms with van der Waals surface area (Å²) in [5.74, 6) is -1.23. The summed E-state index contributed by atoms with van der Waals surface area (Å²) in [4.78, 5) is 11.1. The van der Waals surface area contributed by atoms with Gasteiger partial charge < -0.3 is 9.47 Å². The van der Waals surface area contributed by atoms with E-state index in [2.05, 4.69) is 0 Å². The van der Waals surface area contributed by atoms with Gasteiger partial charge in [-0.15, -0.1) is 0 Å². The highest BCUT2D eigenvalue weighted by atomic mass is 32.2. The summed E-state index contributed by atoms with van der Waals surface area (Å²) >= 11 is 0. The van der Waals surface area contributed by atoms with Crippen LogP contribution >= 0.6 is 0 Å². The molecule has 0 N–H and O–H groups in total. The van der Waals surface area contributed by atoms with Crippen LogP contribution in [0.1, 0.15) is 26.2 Å². The smallest absolute Gasteiger partial charge is 0.321 e. The molecule has 0 rings (SSSR count). The van der Waals surface area contributed by atoms with Crippen LogP contribution in [0.3, 0.4) is 0 Å². The number of sulfone groups is 1. The fraction of sp³-hybridized carbons (Fsp3) is 0.900. The number of carbonyl (C=O) groups excluding carboxylic acids is 1. The second-order valence-corrected chi connectivity index (χ2v) is 5.70. The molecule has 0 radical (unpaired) electrons. The molecule has 0 amide bonds. The molecule has 0 bridgehead atoms. The number of carbonyl (C=O) groups is 1. The molecule has 0 saturated heterocycles.